The number of hydrogen-bond donors (Lipinski definition) is 1. The lowest BCUT2D eigenvalue weighted by Crippen LogP contribution is -2.31. The fourth-order valence-corrected chi connectivity index (χ4v) is 4.46. The van der Waals surface area contributed by atoms with Crippen LogP contribution >= 0.6 is 11.6 Å². The maximum atomic E-state index is 12.7. The van der Waals surface area contributed by atoms with E-state index in [0.717, 1.165) is 0 Å². The van der Waals surface area contributed by atoms with Crippen LogP contribution in [-0.2, 0) is 17.1 Å². The first-order valence-electron chi connectivity index (χ1n) is 7.82. The molecule has 2 aromatic rings. The smallest absolute Gasteiger partial charge is 0.273 e. The molecular formula is C16H21ClN4O3S. The molecule has 0 aliphatic carbocycles. The predicted octanol–water partition coefficient (Wildman–Crippen LogP) is 2.66. The third-order valence-electron chi connectivity index (χ3n) is 3.75. The van der Waals surface area contributed by atoms with Gasteiger partial charge in [0.05, 0.1) is 10.7 Å². The van der Waals surface area contributed by atoms with Crippen molar-refractivity contribution in [1.29, 1.82) is 0 Å². The van der Waals surface area contributed by atoms with Crippen molar-refractivity contribution in [3.05, 3.63) is 40.7 Å². The summed E-state index contributed by atoms with van der Waals surface area (Å²) in [6.45, 7) is 5.96. The minimum absolute atomic E-state index is 0.0307. The highest BCUT2D eigenvalue weighted by molar-refractivity contribution is 7.89. The van der Waals surface area contributed by atoms with Crippen LogP contribution in [0.5, 0.6) is 0 Å². The number of aromatic nitrogens is 2. The van der Waals surface area contributed by atoms with E-state index < -0.39 is 10.0 Å². The van der Waals surface area contributed by atoms with Gasteiger partial charge in [-0.3, -0.25) is 9.48 Å². The minimum atomic E-state index is -3.73. The van der Waals surface area contributed by atoms with Gasteiger partial charge >= 0.3 is 0 Å². The summed E-state index contributed by atoms with van der Waals surface area (Å²) < 4.78 is 28.2. The van der Waals surface area contributed by atoms with Crippen molar-refractivity contribution < 1.29 is 13.2 Å². The Hall–Kier alpha value is -1.90. The Morgan fingerprint density at radius 1 is 1.28 bits per heavy atom. The van der Waals surface area contributed by atoms with Crippen LogP contribution in [0.2, 0.25) is 5.02 Å². The highest BCUT2D eigenvalue weighted by atomic mass is 35.5. The second-order valence-corrected chi connectivity index (χ2v) is 7.80. The molecule has 0 atom stereocenters. The molecule has 7 nitrogen and oxygen atoms in total. The van der Waals surface area contributed by atoms with Crippen LogP contribution in [0.15, 0.2) is 29.2 Å². The third kappa shape index (κ3) is 4.02. The van der Waals surface area contributed by atoms with Gasteiger partial charge in [0, 0.05) is 25.8 Å². The van der Waals surface area contributed by atoms with E-state index in [1.165, 1.54) is 21.1 Å². The molecule has 0 unspecified atom stereocenters. The summed E-state index contributed by atoms with van der Waals surface area (Å²) in [6.07, 6.45) is 0. The van der Waals surface area contributed by atoms with Gasteiger partial charge in [0.15, 0.2) is 0 Å². The summed E-state index contributed by atoms with van der Waals surface area (Å²) in [6, 6.07) is 6.04. The second-order valence-electron chi connectivity index (χ2n) is 5.48. The Morgan fingerprint density at radius 2 is 1.92 bits per heavy atom. The van der Waals surface area contributed by atoms with Crippen molar-refractivity contribution in [3.8, 4) is 0 Å². The summed E-state index contributed by atoms with van der Waals surface area (Å²) in [5.41, 5.74) is 1.44. The van der Waals surface area contributed by atoms with Crippen molar-refractivity contribution >= 4 is 33.2 Å². The first kappa shape index (κ1) is 19.4. The van der Waals surface area contributed by atoms with Crippen molar-refractivity contribution in [2.45, 2.75) is 25.7 Å². The van der Waals surface area contributed by atoms with E-state index in [1.54, 1.807) is 40.0 Å². The van der Waals surface area contributed by atoms with Gasteiger partial charge in [-0.1, -0.05) is 25.4 Å². The van der Waals surface area contributed by atoms with Gasteiger partial charge < -0.3 is 5.32 Å². The molecule has 1 N–H and O–H groups in total. The normalized spacial score (nSPS) is 11.8. The largest absolute Gasteiger partial charge is 0.321 e. The molecule has 0 radical (unpaired) electrons. The van der Waals surface area contributed by atoms with Gasteiger partial charge in [0.1, 0.15) is 10.6 Å². The molecule has 0 aliphatic rings. The molecule has 25 heavy (non-hydrogen) atoms. The fourth-order valence-electron chi connectivity index (χ4n) is 2.50. The number of carbonyl (C=O) groups excluding carboxylic acids is 1. The quantitative estimate of drug-likeness (QED) is 0.829. The van der Waals surface area contributed by atoms with Crippen LogP contribution in [0.25, 0.3) is 0 Å². The molecule has 1 heterocycles. The molecule has 0 saturated heterocycles. The van der Waals surface area contributed by atoms with Crippen molar-refractivity contribution in [2.24, 2.45) is 7.05 Å². The summed E-state index contributed by atoms with van der Waals surface area (Å²) in [7, 11) is -2.06. The van der Waals surface area contributed by atoms with E-state index in [4.69, 9.17) is 11.6 Å². The Bertz CT molecular complexity index is 889. The van der Waals surface area contributed by atoms with E-state index in [2.05, 4.69) is 10.4 Å². The Labute approximate surface area is 152 Å². The minimum Gasteiger partial charge on any atom is -0.321 e. The molecule has 1 amide bonds. The van der Waals surface area contributed by atoms with Crippen LogP contribution in [0.1, 0.15) is 30.0 Å². The molecule has 0 saturated carbocycles. The van der Waals surface area contributed by atoms with Gasteiger partial charge in [0.25, 0.3) is 5.91 Å². The van der Waals surface area contributed by atoms with E-state index >= 15 is 0 Å². The lowest BCUT2D eigenvalue weighted by atomic mass is 10.3. The number of nitrogens with one attached hydrogen (secondary N) is 1. The average Bonchev–Trinajstić information content (AvgIpc) is 2.88. The number of carbonyl (C=O) groups is 1. The summed E-state index contributed by atoms with van der Waals surface area (Å²) in [5, 5.41) is 6.92. The molecule has 1 aromatic heterocycles. The number of nitrogens with zero attached hydrogens (tertiary/aromatic N) is 3. The van der Waals surface area contributed by atoms with E-state index in [0.29, 0.717) is 30.2 Å². The van der Waals surface area contributed by atoms with Crippen molar-refractivity contribution in [2.75, 3.05) is 18.4 Å². The van der Waals surface area contributed by atoms with Crippen LogP contribution < -0.4 is 5.32 Å². The Morgan fingerprint density at radius 3 is 2.44 bits per heavy atom. The molecule has 1 aromatic carbocycles. The monoisotopic (exact) mass is 384 g/mol. The number of sulfonamides is 1. The first-order chi connectivity index (χ1) is 11.7. The zero-order valence-corrected chi connectivity index (χ0v) is 16.1. The summed E-state index contributed by atoms with van der Waals surface area (Å²) in [4.78, 5) is 12.3. The van der Waals surface area contributed by atoms with E-state index in [9.17, 15) is 13.2 Å². The number of benzene rings is 1. The number of amides is 1. The maximum absolute atomic E-state index is 12.7. The highest BCUT2D eigenvalue weighted by Crippen LogP contribution is 2.28. The maximum Gasteiger partial charge on any atom is 0.273 e. The standard InChI is InChI=1S/C16H21ClN4O3S/c1-5-21(6-2)25(23,24)15-10-12(7-8-13(15)17)18-16(22)14-9-11(3)19-20(14)4/h7-10H,5-6H2,1-4H3,(H,18,22). The average molecular weight is 385 g/mol. The number of anilines is 1. The fraction of sp³-hybridized carbons (Fsp3) is 0.375. The van der Waals surface area contributed by atoms with Crippen LogP contribution in [0.3, 0.4) is 0 Å². The lowest BCUT2D eigenvalue weighted by Gasteiger charge is -2.19. The van der Waals surface area contributed by atoms with Crippen LogP contribution in [-0.4, -0.2) is 41.5 Å². The van der Waals surface area contributed by atoms with Crippen molar-refractivity contribution in [1.82, 2.24) is 14.1 Å². The van der Waals surface area contributed by atoms with Crippen LogP contribution in [0, 0.1) is 6.92 Å². The van der Waals surface area contributed by atoms with Crippen LogP contribution in [0.4, 0.5) is 5.69 Å². The third-order valence-corrected chi connectivity index (χ3v) is 6.28. The first-order valence-corrected chi connectivity index (χ1v) is 9.64. The predicted molar refractivity (Wildman–Crippen MR) is 97.5 cm³/mol. The topological polar surface area (TPSA) is 84.3 Å². The van der Waals surface area contributed by atoms with E-state index in [-0.39, 0.29) is 15.8 Å². The highest BCUT2D eigenvalue weighted by Gasteiger charge is 2.25. The molecule has 9 heteroatoms. The number of hydrogen-bond acceptors (Lipinski definition) is 4. The van der Waals surface area contributed by atoms with E-state index in [1.807, 2.05) is 0 Å². The molecule has 0 aliphatic heterocycles. The van der Waals surface area contributed by atoms with Gasteiger partial charge in [-0.05, 0) is 31.2 Å². The number of aryl methyl sites for hydroxylation is 2. The molecule has 0 spiro atoms. The number of halogens is 1. The Balaban J connectivity index is 2.36. The second kappa shape index (κ2) is 7.55. The number of rotatable bonds is 6. The molecule has 0 bridgehead atoms. The van der Waals surface area contributed by atoms with Gasteiger partial charge in [-0.15, -0.1) is 0 Å². The summed E-state index contributed by atoms with van der Waals surface area (Å²) >= 11 is 6.09. The molecule has 2 rings (SSSR count). The van der Waals surface area contributed by atoms with Crippen molar-refractivity contribution in [3.63, 3.8) is 0 Å². The lowest BCUT2D eigenvalue weighted by molar-refractivity contribution is 0.101. The van der Waals surface area contributed by atoms with Gasteiger partial charge in [-0.25, -0.2) is 8.42 Å². The molecular weight excluding hydrogens is 364 g/mol. The Kier molecular flexibility index (Phi) is 5.87. The SMILES string of the molecule is CCN(CC)S(=O)(=O)c1cc(NC(=O)c2cc(C)nn2C)ccc1Cl. The molecule has 0 fully saturated rings. The molecule has 136 valence electrons. The zero-order valence-electron chi connectivity index (χ0n) is 14.6. The zero-order chi connectivity index (χ0) is 18.8. The van der Waals surface area contributed by atoms with Gasteiger partial charge in [-0.2, -0.15) is 9.40 Å². The van der Waals surface area contributed by atoms with Gasteiger partial charge in [0.2, 0.25) is 10.0 Å². The summed E-state index contributed by atoms with van der Waals surface area (Å²) in [5.74, 6) is -0.378.